The average Bonchev–Trinajstić information content (AvgIpc) is 2.59. The van der Waals surface area contributed by atoms with Crippen LogP contribution in [0.15, 0.2) is 29.3 Å². The van der Waals surface area contributed by atoms with Gasteiger partial charge in [0.05, 0.1) is 0 Å². The summed E-state index contributed by atoms with van der Waals surface area (Å²) in [6.45, 7) is 0. The van der Waals surface area contributed by atoms with Crippen LogP contribution in [0.1, 0.15) is 10.4 Å². The highest BCUT2D eigenvalue weighted by Gasteiger charge is 2.16. The summed E-state index contributed by atoms with van der Waals surface area (Å²) in [4.78, 5) is 13.4. The molecule has 0 amide bonds. The van der Waals surface area contributed by atoms with Crippen LogP contribution >= 0.6 is 0 Å². The lowest BCUT2D eigenvalue weighted by atomic mass is 10.1. The minimum atomic E-state index is -3.81. The maximum Gasteiger partial charge on any atom is 0.240 e. The van der Waals surface area contributed by atoms with Crippen LogP contribution in [0.25, 0.3) is 10.9 Å². The SMILES string of the molecule is NS(=O)(=O)c1c[nH]c2cccc(C=O)c12. The predicted octanol–water partition coefficient (Wildman–Crippen LogP) is 0.628. The molecule has 0 aliphatic rings. The zero-order valence-corrected chi connectivity index (χ0v) is 8.41. The highest BCUT2D eigenvalue weighted by Crippen LogP contribution is 2.24. The summed E-state index contributed by atoms with van der Waals surface area (Å²) in [5, 5.41) is 5.37. The van der Waals surface area contributed by atoms with Gasteiger partial charge in [0.25, 0.3) is 0 Å². The number of primary sulfonamides is 1. The Kier molecular flexibility index (Phi) is 2.09. The number of rotatable bonds is 2. The van der Waals surface area contributed by atoms with Gasteiger partial charge in [-0.15, -0.1) is 0 Å². The zero-order valence-electron chi connectivity index (χ0n) is 7.60. The van der Waals surface area contributed by atoms with Crippen molar-refractivity contribution in [3.63, 3.8) is 0 Å². The lowest BCUT2D eigenvalue weighted by Crippen LogP contribution is -2.11. The van der Waals surface area contributed by atoms with Gasteiger partial charge in [0.1, 0.15) is 4.90 Å². The van der Waals surface area contributed by atoms with Crippen molar-refractivity contribution in [3.05, 3.63) is 30.0 Å². The Bertz CT molecular complexity index is 628. The number of sulfonamides is 1. The van der Waals surface area contributed by atoms with Crippen molar-refractivity contribution >= 4 is 27.2 Å². The van der Waals surface area contributed by atoms with Crippen molar-refractivity contribution in [2.45, 2.75) is 4.90 Å². The van der Waals surface area contributed by atoms with Gasteiger partial charge in [0, 0.05) is 22.7 Å². The van der Waals surface area contributed by atoms with E-state index in [9.17, 15) is 13.2 Å². The summed E-state index contributed by atoms with van der Waals surface area (Å²) in [5.41, 5.74) is 0.876. The molecule has 0 radical (unpaired) electrons. The van der Waals surface area contributed by atoms with Gasteiger partial charge in [0.15, 0.2) is 6.29 Å². The van der Waals surface area contributed by atoms with E-state index in [1.165, 1.54) is 12.3 Å². The largest absolute Gasteiger partial charge is 0.360 e. The number of hydrogen-bond acceptors (Lipinski definition) is 3. The van der Waals surface area contributed by atoms with Gasteiger partial charge in [-0.05, 0) is 6.07 Å². The topological polar surface area (TPSA) is 93.0 Å². The second kappa shape index (κ2) is 3.18. The van der Waals surface area contributed by atoms with Crippen LogP contribution in [-0.2, 0) is 10.0 Å². The molecule has 0 fully saturated rings. The Morgan fingerprint density at radius 3 is 2.67 bits per heavy atom. The fourth-order valence-electron chi connectivity index (χ4n) is 1.50. The molecular formula is C9H8N2O3S. The van der Waals surface area contributed by atoms with E-state index < -0.39 is 10.0 Å². The number of aromatic nitrogens is 1. The van der Waals surface area contributed by atoms with E-state index in [4.69, 9.17) is 5.14 Å². The third-order valence-corrected chi connectivity index (χ3v) is 3.07. The van der Waals surface area contributed by atoms with Gasteiger partial charge in [-0.2, -0.15) is 0 Å². The van der Waals surface area contributed by atoms with Crippen LogP contribution in [0.2, 0.25) is 0 Å². The van der Waals surface area contributed by atoms with E-state index in [1.54, 1.807) is 12.1 Å². The standard InChI is InChI=1S/C9H8N2O3S/c10-15(13,14)8-4-11-7-3-1-2-6(5-12)9(7)8/h1-5,11H,(H2,10,13,14). The second-order valence-electron chi connectivity index (χ2n) is 3.09. The third-order valence-electron chi connectivity index (χ3n) is 2.14. The number of carbonyl (C=O) groups excluding carboxylic acids is 1. The molecule has 1 heterocycles. The van der Waals surface area contributed by atoms with Crippen molar-refractivity contribution < 1.29 is 13.2 Å². The molecule has 2 aromatic rings. The highest BCUT2D eigenvalue weighted by molar-refractivity contribution is 7.89. The fourth-order valence-corrected chi connectivity index (χ4v) is 2.24. The van der Waals surface area contributed by atoms with E-state index in [-0.39, 0.29) is 4.90 Å². The highest BCUT2D eigenvalue weighted by atomic mass is 32.2. The monoisotopic (exact) mass is 224 g/mol. The first-order chi connectivity index (χ1) is 7.04. The molecule has 78 valence electrons. The van der Waals surface area contributed by atoms with Gasteiger partial charge in [-0.25, -0.2) is 13.6 Å². The molecule has 0 saturated carbocycles. The molecule has 1 aromatic heterocycles. The summed E-state index contributed by atoms with van der Waals surface area (Å²) in [5.74, 6) is 0. The van der Waals surface area contributed by atoms with E-state index in [1.807, 2.05) is 0 Å². The Hall–Kier alpha value is -1.66. The maximum atomic E-state index is 11.2. The first-order valence-corrected chi connectivity index (χ1v) is 5.67. The van der Waals surface area contributed by atoms with E-state index in [2.05, 4.69) is 4.98 Å². The third kappa shape index (κ3) is 1.53. The number of nitrogens with one attached hydrogen (secondary N) is 1. The fraction of sp³-hybridized carbons (Fsp3) is 0. The molecule has 15 heavy (non-hydrogen) atoms. The number of benzene rings is 1. The molecule has 1 aromatic carbocycles. The minimum absolute atomic E-state index is 0.0554. The number of nitrogens with two attached hydrogens (primary N) is 1. The number of hydrogen-bond donors (Lipinski definition) is 2. The van der Waals surface area contributed by atoms with Crippen molar-refractivity contribution in [2.24, 2.45) is 5.14 Å². The van der Waals surface area contributed by atoms with Crippen LogP contribution in [0.4, 0.5) is 0 Å². The van der Waals surface area contributed by atoms with Crippen molar-refractivity contribution in [3.8, 4) is 0 Å². The molecule has 5 nitrogen and oxygen atoms in total. The molecule has 0 unspecified atom stereocenters. The van der Waals surface area contributed by atoms with E-state index in [0.29, 0.717) is 22.8 Å². The second-order valence-corrected chi connectivity index (χ2v) is 4.62. The van der Waals surface area contributed by atoms with Crippen LogP contribution in [0, 0.1) is 0 Å². The predicted molar refractivity (Wildman–Crippen MR) is 55.1 cm³/mol. The van der Waals surface area contributed by atoms with Gasteiger partial charge in [0.2, 0.25) is 10.0 Å². The Morgan fingerprint density at radius 2 is 2.07 bits per heavy atom. The molecule has 0 saturated heterocycles. The first kappa shape index (κ1) is 9.88. The van der Waals surface area contributed by atoms with Gasteiger partial charge < -0.3 is 4.98 Å². The molecule has 0 spiro atoms. The Balaban J connectivity index is 2.95. The summed E-state index contributed by atoms with van der Waals surface area (Å²) < 4.78 is 22.4. The first-order valence-electron chi connectivity index (χ1n) is 4.12. The molecule has 2 rings (SSSR count). The Labute approximate surface area is 85.9 Å². The summed E-state index contributed by atoms with van der Waals surface area (Å²) in [7, 11) is -3.81. The molecule has 6 heteroatoms. The number of fused-ring (bicyclic) bond motifs is 1. The van der Waals surface area contributed by atoms with Crippen molar-refractivity contribution in [1.82, 2.24) is 4.98 Å². The minimum Gasteiger partial charge on any atom is -0.360 e. The molecule has 3 N–H and O–H groups in total. The lowest BCUT2D eigenvalue weighted by molar-refractivity contribution is 0.112. The molecule has 0 aliphatic heterocycles. The Morgan fingerprint density at radius 1 is 1.33 bits per heavy atom. The van der Waals surface area contributed by atoms with Crippen molar-refractivity contribution in [2.75, 3.05) is 0 Å². The van der Waals surface area contributed by atoms with Crippen LogP contribution < -0.4 is 5.14 Å². The molecule has 0 bridgehead atoms. The smallest absolute Gasteiger partial charge is 0.240 e. The number of carbonyl (C=O) groups is 1. The van der Waals surface area contributed by atoms with E-state index >= 15 is 0 Å². The molecule has 0 atom stereocenters. The van der Waals surface area contributed by atoms with E-state index in [0.717, 1.165) is 0 Å². The summed E-state index contributed by atoms with van der Waals surface area (Å²) >= 11 is 0. The summed E-state index contributed by atoms with van der Waals surface area (Å²) in [6.07, 6.45) is 1.89. The number of H-pyrrole nitrogens is 1. The number of aldehydes is 1. The quantitative estimate of drug-likeness (QED) is 0.732. The maximum absolute atomic E-state index is 11.2. The lowest BCUT2D eigenvalue weighted by Gasteiger charge is -1.97. The van der Waals surface area contributed by atoms with Crippen LogP contribution in [-0.4, -0.2) is 19.7 Å². The van der Waals surface area contributed by atoms with Gasteiger partial charge in [-0.3, -0.25) is 4.79 Å². The zero-order chi connectivity index (χ0) is 11.1. The van der Waals surface area contributed by atoms with Crippen molar-refractivity contribution in [1.29, 1.82) is 0 Å². The van der Waals surface area contributed by atoms with Crippen LogP contribution in [0.5, 0.6) is 0 Å². The molecule has 0 aliphatic carbocycles. The summed E-state index contributed by atoms with van der Waals surface area (Å²) in [6, 6.07) is 4.88. The van der Waals surface area contributed by atoms with Crippen LogP contribution in [0.3, 0.4) is 0 Å². The van der Waals surface area contributed by atoms with Gasteiger partial charge in [-0.1, -0.05) is 12.1 Å². The number of aromatic amines is 1. The average molecular weight is 224 g/mol. The normalized spacial score (nSPS) is 11.8. The van der Waals surface area contributed by atoms with Gasteiger partial charge >= 0.3 is 0 Å². The molecular weight excluding hydrogens is 216 g/mol.